The molecule has 0 aromatic heterocycles. The summed E-state index contributed by atoms with van der Waals surface area (Å²) in [5.74, 6) is 0.627. The first-order valence-corrected chi connectivity index (χ1v) is 11.3. The second kappa shape index (κ2) is 7.57. The fourth-order valence-corrected chi connectivity index (χ4v) is 5.45. The van der Waals surface area contributed by atoms with E-state index in [0.717, 1.165) is 23.7 Å². The van der Waals surface area contributed by atoms with Crippen LogP contribution in [0.1, 0.15) is 55.8 Å². The highest BCUT2D eigenvalue weighted by molar-refractivity contribution is 8.00. The molecule has 138 valence electrons. The summed E-state index contributed by atoms with van der Waals surface area (Å²) in [5.41, 5.74) is 2.17. The second-order valence-corrected chi connectivity index (χ2v) is 10.1. The van der Waals surface area contributed by atoms with Crippen molar-refractivity contribution in [2.45, 2.75) is 59.2 Å². The van der Waals surface area contributed by atoms with Gasteiger partial charge in [0.25, 0.3) is 0 Å². The van der Waals surface area contributed by atoms with Gasteiger partial charge >= 0.3 is 0 Å². The van der Waals surface area contributed by atoms with Crippen molar-refractivity contribution in [1.29, 1.82) is 0 Å². The first-order valence-electron chi connectivity index (χ1n) is 9.30. The molecule has 1 saturated heterocycles. The van der Waals surface area contributed by atoms with Gasteiger partial charge in [0.15, 0.2) is 0 Å². The zero-order chi connectivity index (χ0) is 18.1. The molecule has 2 atom stereocenters. The molecule has 1 nitrogen and oxygen atoms in total. The Kier molecular flexibility index (Phi) is 5.36. The van der Waals surface area contributed by atoms with E-state index in [1.807, 2.05) is 30.2 Å². The van der Waals surface area contributed by atoms with Gasteiger partial charge in [-0.2, -0.15) is 0 Å². The van der Waals surface area contributed by atoms with E-state index in [-0.39, 0.29) is 16.7 Å². The van der Waals surface area contributed by atoms with Gasteiger partial charge < -0.3 is 4.74 Å². The molecule has 2 fully saturated rings. The molecule has 2 aromatic rings. The number of benzene rings is 2. The monoisotopic (exact) mass is 388 g/mol. The van der Waals surface area contributed by atoms with Gasteiger partial charge in [-0.3, -0.25) is 0 Å². The van der Waals surface area contributed by atoms with E-state index in [9.17, 15) is 4.39 Å². The largest absolute Gasteiger partial charge is 0.373 e. The lowest BCUT2D eigenvalue weighted by atomic mass is 9.92. The van der Waals surface area contributed by atoms with Crippen molar-refractivity contribution < 1.29 is 9.13 Å². The average Bonchev–Trinajstić information content (AvgIpc) is 3.46. The summed E-state index contributed by atoms with van der Waals surface area (Å²) in [6, 6.07) is 14.5. The van der Waals surface area contributed by atoms with E-state index in [0.29, 0.717) is 12.2 Å². The van der Waals surface area contributed by atoms with Crippen LogP contribution >= 0.6 is 23.5 Å². The van der Waals surface area contributed by atoms with E-state index < -0.39 is 0 Å². The van der Waals surface area contributed by atoms with Crippen LogP contribution in [-0.4, -0.2) is 17.6 Å². The minimum absolute atomic E-state index is 0.0652. The van der Waals surface area contributed by atoms with Crippen LogP contribution in [0.25, 0.3) is 0 Å². The van der Waals surface area contributed by atoms with Crippen LogP contribution in [0.15, 0.2) is 52.3 Å². The summed E-state index contributed by atoms with van der Waals surface area (Å²) >= 11 is 3.50. The first kappa shape index (κ1) is 18.4. The number of rotatable bonds is 5. The van der Waals surface area contributed by atoms with E-state index in [4.69, 9.17) is 4.74 Å². The van der Waals surface area contributed by atoms with Gasteiger partial charge in [-0.25, -0.2) is 4.39 Å². The smallest absolute Gasteiger partial charge is 0.130 e. The summed E-state index contributed by atoms with van der Waals surface area (Å²) in [5, 5.41) is 0. The van der Waals surface area contributed by atoms with Crippen LogP contribution in [0.5, 0.6) is 0 Å². The van der Waals surface area contributed by atoms with Gasteiger partial charge in [0.05, 0.1) is 6.10 Å². The molecule has 4 rings (SSSR count). The number of ether oxygens (including phenoxy) is 1. The average molecular weight is 389 g/mol. The van der Waals surface area contributed by atoms with Crippen molar-refractivity contribution in [3.05, 3.63) is 59.4 Å². The van der Waals surface area contributed by atoms with Crippen molar-refractivity contribution in [3.63, 3.8) is 0 Å². The Balaban J connectivity index is 1.51. The predicted octanol–water partition coefficient (Wildman–Crippen LogP) is 6.83. The van der Waals surface area contributed by atoms with Gasteiger partial charge in [0.2, 0.25) is 0 Å². The van der Waals surface area contributed by atoms with Crippen molar-refractivity contribution in [2.24, 2.45) is 0 Å². The van der Waals surface area contributed by atoms with Gasteiger partial charge in [0, 0.05) is 26.7 Å². The zero-order valence-electron chi connectivity index (χ0n) is 15.3. The number of hydrogen-bond donors (Lipinski definition) is 0. The van der Waals surface area contributed by atoms with Gasteiger partial charge in [-0.15, -0.1) is 23.5 Å². The SMILES string of the molecule is CSc1ccc(C2CC(C)(Sc3cccc(C4CC4)c3)CCO2)c(F)c1. The minimum Gasteiger partial charge on any atom is -0.373 e. The first-order chi connectivity index (χ1) is 12.6. The minimum atomic E-state index is -0.163. The summed E-state index contributed by atoms with van der Waals surface area (Å²) in [7, 11) is 0. The second-order valence-electron chi connectivity index (χ2n) is 7.60. The number of halogens is 1. The van der Waals surface area contributed by atoms with Crippen molar-refractivity contribution in [1.82, 2.24) is 0 Å². The van der Waals surface area contributed by atoms with Crippen LogP contribution in [0.4, 0.5) is 4.39 Å². The summed E-state index contributed by atoms with van der Waals surface area (Å²) in [6.45, 7) is 2.98. The summed E-state index contributed by atoms with van der Waals surface area (Å²) in [6.07, 6.45) is 6.28. The highest BCUT2D eigenvalue weighted by atomic mass is 32.2. The maximum Gasteiger partial charge on any atom is 0.130 e. The number of thioether (sulfide) groups is 2. The molecular formula is C22H25FOS2. The van der Waals surface area contributed by atoms with E-state index in [1.54, 1.807) is 17.8 Å². The molecule has 1 saturated carbocycles. The molecular weight excluding hydrogens is 363 g/mol. The molecule has 1 aliphatic carbocycles. The quantitative estimate of drug-likeness (QED) is 0.520. The summed E-state index contributed by atoms with van der Waals surface area (Å²) in [4.78, 5) is 2.28. The molecule has 0 bridgehead atoms. The molecule has 2 aromatic carbocycles. The maximum absolute atomic E-state index is 14.5. The zero-order valence-corrected chi connectivity index (χ0v) is 17.0. The van der Waals surface area contributed by atoms with Crippen LogP contribution in [0, 0.1) is 5.82 Å². The van der Waals surface area contributed by atoms with Crippen LogP contribution in [-0.2, 0) is 4.74 Å². The Hall–Kier alpha value is -0.970. The predicted molar refractivity (Wildman–Crippen MR) is 109 cm³/mol. The van der Waals surface area contributed by atoms with Crippen molar-refractivity contribution in [2.75, 3.05) is 12.9 Å². The van der Waals surface area contributed by atoms with Gasteiger partial charge in [0.1, 0.15) is 5.82 Å². The standard InChI is InChI=1S/C22H25FOS2/c1-22(26-18-5-3-4-16(12-18)15-6-7-15)10-11-24-21(14-22)19-9-8-17(25-2)13-20(19)23/h3-5,8-9,12-13,15,21H,6-7,10-11,14H2,1-2H3. The summed E-state index contributed by atoms with van der Waals surface area (Å²) < 4.78 is 20.6. The van der Waals surface area contributed by atoms with E-state index in [2.05, 4.69) is 31.2 Å². The van der Waals surface area contributed by atoms with Crippen LogP contribution in [0.2, 0.25) is 0 Å². The third-order valence-electron chi connectivity index (χ3n) is 5.39. The van der Waals surface area contributed by atoms with E-state index in [1.165, 1.54) is 23.3 Å². The molecule has 0 N–H and O–H groups in total. The fraction of sp³-hybridized carbons (Fsp3) is 0.455. The molecule has 1 aliphatic heterocycles. The Bertz CT molecular complexity index is 789. The molecule has 2 unspecified atom stereocenters. The highest BCUT2D eigenvalue weighted by Crippen LogP contribution is 2.48. The molecule has 4 heteroatoms. The van der Waals surface area contributed by atoms with Crippen LogP contribution in [0.3, 0.4) is 0 Å². The van der Waals surface area contributed by atoms with Gasteiger partial charge in [-0.05, 0) is 74.6 Å². The van der Waals surface area contributed by atoms with Crippen molar-refractivity contribution in [3.8, 4) is 0 Å². The van der Waals surface area contributed by atoms with Crippen molar-refractivity contribution >= 4 is 23.5 Å². The molecule has 0 spiro atoms. The Morgan fingerprint density at radius 3 is 2.69 bits per heavy atom. The molecule has 26 heavy (non-hydrogen) atoms. The lowest BCUT2D eigenvalue weighted by Crippen LogP contribution is -2.32. The molecule has 2 aliphatic rings. The highest BCUT2D eigenvalue weighted by Gasteiger charge is 2.36. The Morgan fingerprint density at radius 1 is 1.12 bits per heavy atom. The fourth-order valence-electron chi connectivity index (χ4n) is 3.69. The third kappa shape index (κ3) is 4.13. The maximum atomic E-state index is 14.5. The normalized spacial score (nSPS) is 26.0. The Morgan fingerprint density at radius 2 is 1.96 bits per heavy atom. The van der Waals surface area contributed by atoms with E-state index >= 15 is 0 Å². The Labute approximate surface area is 164 Å². The molecule has 1 heterocycles. The van der Waals surface area contributed by atoms with Gasteiger partial charge in [-0.1, -0.05) is 18.2 Å². The van der Waals surface area contributed by atoms with Crippen LogP contribution < -0.4 is 0 Å². The lowest BCUT2D eigenvalue weighted by molar-refractivity contribution is 0.000217. The lowest BCUT2D eigenvalue weighted by Gasteiger charge is -2.38. The molecule has 0 radical (unpaired) electrons. The molecule has 0 amide bonds. The number of hydrogen-bond acceptors (Lipinski definition) is 3. The topological polar surface area (TPSA) is 9.23 Å². The third-order valence-corrected chi connectivity index (χ3v) is 7.47.